The first-order valence-electron chi connectivity index (χ1n) is 7.87. The van der Waals surface area contributed by atoms with E-state index in [9.17, 15) is 4.39 Å². The molecule has 1 N–H and O–H groups in total. The second kappa shape index (κ2) is 6.42. The minimum Gasteiger partial charge on any atom is -0.381 e. The number of benzene rings is 1. The number of fused-ring (bicyclic) bond motifs is 1. The van der Waals surface area contributed by atoms with Crippen molar-refractivity contribution in [3.8, 4) is 0 Å². The van der Waals surface area contributed by atoms with Crippen molar-refractivity contribution in [1.29, 1.82) is 0 Å². The van der Waals surface area contributed by atoms with Gasteiger partial charge in [0.15, 0.2) is 0 Å². The van der Waals surface area contributed by atoms with E-state index in [2.05, 4.69) is 5.32 Å². The molecule has 0 radical (unpaired) electrons. The van der Waals surface area contributed by atoms with Gasteiger partial charge in [0.2, 0.25) is 0 Å². The number of methoxy groups -OCH3 is 1. The molecule has 0 amide bonds. The van der Waals surface area contributed by atoms with Crippen LogP contribution in [0.15, 0.2) is 18.2 Å². The van der Waals surface area contributed by atoms with Gasteiger partial charge in [0.05, 0.1) is 5.60 Å². The molecule has 1 heterocycles. The van der Waals surface area contributed by atoms with Crippen molar-refractivity contribution in [1.82, 2.24) is 5.32 Å². The number of hydrogen-bond donors (Lipinski definition) is 1. The fraction of sp³-hybridized carbons (Fsp3) is 0.647. The highest BCUT2D eigenvalue weighted by atomic mass is 19.1. The summed E-state index contributed by atoms with van der Waals surface area (Å²) in [5, 5.41) is 3.66. The predicted octanol–water partition coefficient (Wildman–Crippen LogP) is 2.99. The summed E-state index contributed by atoms with van der Waals surface area (Å²) in [7, 11) is 1.79. The van der Waals surface area contributed by atoms with Crippen LogP contribution in [0.25, 0.3) is 0 Å². The molecular formula is C17H24FNO2. The topological polar surface area (TPSA) is 30.5 Å². The molecule has 116 valence electrons. The van der Waals surface area contributed by atoms with Gasteiger partial charge in [-0.25, -0.2) is 4.39 Å². The zero-order valence-electron chi connectivity index (χ0n) is 12.7. The first-order valence-corrected chi connectivity index (χ1v) is 7.87. The zero-order valence-corrected chi connectivity index (χ0v) is 12.7. The highest BCUT2D eigenvalue weighted by Crippen LogP contribution is 2.31. The molecule has 1 aliphatic heterocycles. The molecule has 0 bridgehead atoms. The van der Waals surface area contributed by atoms with Crippen molar-refractivity contribution in [2.45, 2.75) is 43.7 Å². The maximum atomic E-state index is 13.4. The summed E-state index contributed by atoms with van der Waals surface area (Å²) < 4.78 is 24.6. The van der Waals surface area contributed by atoms with Crippen molar-refractivity contribution < 1.29 is 13.9 Å². The number of aryl methyl sites for hydroxylation is 1. The molecular weight excluding hydrogens is 269 g/mol. The van der Waals surface area contributed by atoms with Gasteiger partial charge in [-0.05, 0) is 42.5 Å². The van der Waals surface area contributed by atoms with Crippen molar-refractivity contribution in [2.75, 3.05) is 26.9 Å². The summed E-state index contributed by atoms with van der Waals surface area (Å²) in [4.78, 5) is 0. The van der Waals surface area contributed by atoms with E-state index in [-0.39, 0.29) is 11.4 Å². The van der Waals surface area contributed by atoms with E-state index in [1.54, 1.807) is 19.2 Å². The lowest BCUT2D eigenvalue weighted by molar-refractivity contribution is -0.0888. The molecule has 2 aliphatic rings. The average Bonchev–Trinajstić information content (AvgIpc) is 2.53. The molecule has 1 aliphatic carbocycles. The largest absolute Gasteiger partial charge is 0.381 e. The van der Waals surface area contributed by atoms with Gasteiger partial charge in [-0.15, -0.1) is 0 Å². The third kappa shape index (κ3) is 3.28. The first kappa shape index (κ1) is 14.9. The molecule has 4 heteroatoms. The van der Waals surface area contributed by atoms with Crippen LogP contribution in [0.4, 0.5) is 4.39 Å². The Hall–Kier alpha value is -0.970. The van der Waals surface area contributed by atoms with Crippen LogP contribution < -0.4 is 5.32 Å². The standard InChI is InChI=1S/C17H24FNO2/c1-20-17(7-9-21-10-8-17)12-19-16-4-2-3-13-11-14(18)5-6-15(13)16/h5-6,11,16,19H,2-4,7-10,12H2,1H3/t16-/m0/s1. The van der Waals surface area contributed by atoms with Crippen LogP contribution in [0.2, 0.25) is 0 Å². The molecule has 1 aromatic rings. The van der Waals surface area contributed by atoms with Crippen LogP contribution in [0.5, 0.6) is 0 Å². The Morgan fingerprint density at radius 1 is 1.38 bits per heavy atom. The lowest BCUT2D eigenvalue weighted by Crippen LogP contribution is -2.47. The van der Waals surface area contributed by atoms with Gasteiger partial charge in [0.25, 0.3) is 0 Å². The Labute approximate surface area is 125 Å². The SMILES string of the molecule is COC1(CN[C@H]2CCCc3cc(F)ccc32)CCOCC1. The van der Waals surface area contributed by atoms with E-state index in [1.807, 2.05) is 6.07 Å². The highest BCUT2D eigenvalue weighted by molar-refractivity contribution is 5.32. The van der Waals surface area contributed by atoms with Crippen LogP contribution in [-0.2, 0) is 15.9 Å². The predicted molar refractivity (Wildman–Crippen MR) is 79.9 cm³/mol. The molecule has 3 nitrogen and oxygen atoms in total. The monoisotopic (exact) mass is 293 g/mol. The van der Waals surface area contributed by atoms with Crippen molar-refractivity contribution in [2.24, 2.45) is 0 Å². The molecule has 0 unspecified atom stereocenters. The highest BCUT2D eigenvalue weighted by Gasteiger charge is 2.33. The zero-order chi connectivity index (χ0) is 14.7. The van der Waals surface area contributed by atoms with Crippen LogP contribution in [-0.4, -0.2) is 32.5 Å². The lowest BCUT2D eigenvalue weighted by Gasteiger charge is -2.38. The van der Waals surface area contributed by atoms with E-state index in [1.165, 1.54) is 5.56 Å². The lowest BCUT2D eigenvalue weighted by atomic mass is 9.86. The van der Waals surface area contributed by atoms with E-state index >= 15 is 0 Å². The number of hydrogen-bond acceptors (Lipinski definition) is 3. The second-order valence-corrected chi connectivity index (χ2v) is 6.17. The normalized spacial score (nSPS) is 24.6. The van der Waals surface area contributed by atoms with Gasteiger partial charge < -0.3 is 14.8 Å². The summed E-state index contributed by atoms with van der Waals surface area (Å²) in [5.74, 6) is -0.132. The van der Waals surface area contributed by atoms with E-state index in [0.29, 0.717) is 6.04 Å². The van der Waals surface area contributed by atoms with Crippen LogP contribution in [0.1, 0.15) is 42.9 Å². The summed E-state index contributed by atoms with van der Waals surface area (Å²) in [6, 6.07) is 5.50. The van der Waals surface area contributed by atoms with Crippen molar-refractivity contribution >= 4 is 0 Å². The van der Waals surface area contributed by atoms with Crippen molar-refractivity contribution in [3.05, 3.63) is 35.1 Å². The van der Waals surface area contributed by atoms with Gasteiger partial charge in [0.1, 0.15) is 5.82 Å². The quantitative estimate of drug-likeness (QED) is 0.926. The molecule has 21 heavy (non-hydrogen) atoms. The Bertz CT molecular complexity index is 486. The van der Waals surface area contributed by atoms with Crippen LogP contribution in [0, 0.1) is 5.82 Å². The van der Waals surface area contributed by atoms with Crippen LogP contribution in [0.3, 0.4) is 0 Å². The summed E-state index contributed by atoms with van der Waals surface area (Å²) in [5.41, 5.74) is 2.29. The Balaban J connectivity index is 1.69. The number of ether oxygens (including phenoxy) is 2. The molecule has 1 saturated heterocycles. The smallest absolute Gasteiger partial charge is 0.123 e. The Kier molecular flexibility index (Phi) is 4.57. The summed E-state index contributed by atoms with van der Waals surface area (Å²) in [6.45, 7) is 2.36. The van der Waals surface area contributed by atoms with Crippen LogP contribution >= 0.6 is 0 Å². The minimum absolute atomic E-state index is 0.115. The molecule has 0 spiro atoms. The summed E-state index contributed by atoms with van der Waals surface area (Å²) >= 11 is 0. The average molecular weight is 293 g/mol. The van der Waals surface area contributed by atoms with E-state index < -0.39 is 0 Å². The molecule has 1 atom stereocenters. The Morgan fingerprint density at radius 3 is 2.95 bits per heavy atom. The third-order valence-corrected chi connectivity index (χ3v) is 4.93. The second-order valence-electron chi connectivity index (χ2n) is 6.17. The number of halogens is 1. The number of rotatable bonds is 4. The van der Waals surface area contributed by atoms with Gasteiger partial charge in [0, 0.05) is 45.8 Å². The maximum absolute atomic E-state index is 13.4. The Morgan fingerprint density at radius 2 is 2.19 bits per heavy atom. The van der Waals surface area contributed by atoms with E-state index in [4.69, 9.17) is 9.47 Å². The van der Waals surface area contributed by atoms with Crippen molar-refractivity contribution in [3.63, 3.8) is 0 Å². The van der Waals surface area contributed by atoms with Gasteiger partial charge >= 0.3 is 0 Å². The summed E-state index contributed by atoms with van der Waals surface area (Å²) in [6.07, 6.45) is 5.06. The fourth-order valence-corrected chi connectivity index (χ4v) is 3.50. The molecule has 0 saturated carbocycles. The molecule has 3 rings (SSSR count). The van der Waals surface area contributed by atoms with Gasteiger partial charge in [-0.3, -0.25) is 0 Å². The van der Waals surface area contributed by atoms with E-state index in [0.717, 1.165) is 57.4 Å². The minimum atomic E-state index is -0.132. The third-order valence-electron chi connectivity index (χ3n) is 4.93. The molecule has 0 aromatic heterocycles. The van der Waals surface area contributed by atoms with Gasteiger partial charge in [-0.2, -0.15) is 0 Å². The number of nitrogens with one attached hydrogen (secondary N) is 1. The fourth-order valence-electron chi connectivity index (χ4n) is 3.50. The first-order chi connectivity index (χ1) is 10.2. The molecule has 1 fully saturated rings. The maximum Gasteiger partial charge on any atom is 0.123 e. The van der Waals surface area contributed by atoms with Gasteiger partial charge in [-0.1, -0.05) is 6.07 Å². The molecule has 1 aromatic carbocycles.